The summed E-state index contributed by atoms with van der Waals surface area (Å²) in [5, 5.41) is 2.85. The predicted octanol–water partition coefficient (Wildman–Crippen LogP) is 12.9. The number of unbranched alkanes of at least 4 members (excludes halogenated alkanes) is 10. The van der Waals surface area contributed by atoms with Crippen molar-refractivity contribution in [2.45, 2.75) is 116 Å². The predicted molar refractivity (Wildman–Crippen MR) is 200 cm³/mol. The van der Waals surface area contributed by atoms with Crippen molar-refractivity contribution in [2.75, 3.05) is 0 Å². The number of carbonyl (C=O) groups excluding carboxylic acids is 2. The van der Waals surface area contributed by atoms with Crippen LogP contribution in [-0.2, 0) is 0 Å². The number of rotatable bonds is 22. The molecule has 0 N–H and O–H groups in total. The molecule has 0 aromatic heterocycles. The van der Waals surface area contributed by atoms with Gasteiger partial charge in [0.2, 0.25) is 11.6 Å². The summed E-state index contributed by atoms with van der Waals surface area (Å²) in [6.45, 7) is 4.42. The monoisotopic (exact) mass is 688 g/mol. The molecular formula is C42H50Cl2O4. The Hall–Kier alpha value is -3.34. The van der Waals surface area contributed by atoms with Crippen molar-refractivity contribution in [3.63, 3.8) is 0 Å². The highest BCUT2D eigenvalue weighted by atomic mass is 35.5. The molecule has 0 aliphatic rings. The molecule has 0 saturated heterocycles. The minimum absolute atomic E-state index is 0.0582. The van der Waals surface area contributed by atoms with E-state index in [2.05, 4.69) is 13.8 Å². The highest BCUT2D eigenvalue weighted by molar-refractivity contribution is 6.31. The van der Waals surface area contributed by atoms with Gasteiger partial charge in [0, 0.05) is 31.9 Å². The van der Waals surface area contributed by atoms with E-state index in [-0.39, 0.29) is 11.6 Å². The van der Waals surface area contributed by atoms with Crippen LogP contribution in [-0.4, -0.2) is 23.8 Å². The molecule has 0 aliphatic heterocycles. The molecule has 4 nitrogen and oxygen atoms in total. The molecule has 0 aliphatic carbocycles. The van der Waals surface area contributed by atoms with Gasteiger partial charge in [-0.2, -0.15) is 0 Å². The van der Waals surface area contributed by atoms with Crippen molar-refractivity contribution in [2.24, 2.45) is 0 Å². The van der Waals surface area contributed by atoms with Gasteiger partial charge >= 0.3 is 0 Å². The summed E-state index contributed by atoms with van der Waals surface area (Å²) in [5.41, 5.74) is 1.16. The molecule has 0 bridgehead atoms. The lowest BCUT2D eigenvalue weighted by Crippen LogP contribution is -2.28. The lowest BCUT2D eigenvalue weighted by Gasteiger charge is -2.22. The van der Waals surface area contributed by atoms with E-state index in [1.165, 1.54) is 38.5 Å². The molecule has 48 heavy (non-hydrogen) atoms. The van der Waals surface area contributed by atoms with Crippen LogP contribution < -0.4 is 9.47 Å². The van der Waals surface area contributed by atoms with E-state index in [1.54, 1.807) is 48.5 Å². The third-order valence-corrected chi connectivity index (χ3v) is 9.37. The fourth-order valence-corrected chi connectivity index (χ4v) is 6.32. The number of fused-ring (bicyclic) bond motifs is 1. The van der Waals surface area contributed by atoms with Gasteiger partial charge in [-0.1, -0.05) is 126 Å². The molecule has 0 fully saturated rings. The lowest BCUT2D eigenvalue weighted by molar-refractivity contribution is 0.0769. The van der Waals surface area contributed by atoms with E-state index < -0.39 is 12.2 Å². The molecular weight excluding hydrogens is 639 g/mol. The first-order valence-corrected chi connectivity index (χ1v) is 18.6. The summed E-state index contributed by atoms with van der Waals surface area (Å²) in [7, 11) is 0. The Balaban J connectivity index is 1.57. The molecule has 0 amide bonds. The second kappa shape index (κ2) is 20.2. The molecule has 4 aromatic rings. The van der Waals surface area contributed by atoms with E-state index in [1.807, 2.05) is 36.4 Å². The lowest BCUT2D eigenvalue weighted by atomic mass is 9.99. The SMILES string of the molecule is CCCCCCCCC(Oc1cccc2c(OC(CCCCCCCC)C(=O)c3ccc(Cl)cc3)cccc12)C(=O)c1ccc(Cl)cc1. The maximum atomic E-state index is 13.8. The van der Waals surface area contributed by atoms with Crippen molar-refractivity contribution in [1.82, 2.24) is 0 Å². The van der Waals surface area contributed by atoms with Gasteiger partial charge < -0.3 is 9.47 Å². The summed E-state index contributed by atoms with van der Waals surface area (Å²) in [6, 6.07) is 25.6. The van der Waals surface area contributed by atoms with Crippen molar-refractivity contribution < 1.29 is 19.1 Å². The molecule has 256 valence electrons. The number of hydrogen-bond acceptors (Lipinski definition) is 4. The molecule has 2 unspecified atom stereocenters. The first-order valence-electron chi connectivity index (χ1n) is 17.9. The van der Waals surface area contributed by atoms with E-state index >= 15 is 0 Å². The maximum Gasteiger partial charge on any atom is 0.203 e. The van der Waals surface area contributed by atoms with Gasteiger partial charge in [0.25, 0.3) is 0 Å². The minimum atomic E-state index is -0.639. The average molecular weight is 690 g/mol. The Morgan fingerprint density at radius 2 is 0.854 bits per heavy atom. The van der Waals surface area contributed by atoms with Crippen LogP contribution in [0.4, 0.5) is 0 Å². The van der Waals surface area contributed by atoms with Gasteiger partial charge in [0.15, 0.2) is 12.2 Å². The molecule has 4 aromatic carbocycles. The number of ether oxygens (including phenoxy) is 2. The summed E-state index contributed by atoms with van der Waals surface area (Å²) in [4.78, 5) is 27.5. The van der Waals surface area contributed by atoms with Crippen LogP contribution in [0.3, 0.4) is 0 Å². The number of halogens is 2. The number of benzene rings is 4. The summed E-state index contributed by atoms with van der Waals surface area (Å²) in [5.74, 6) is 1.12. The van der Waals surface area contributed by atoms with Crippen LogP contribution in [0.2, 0.25) is 10.0 Å². The van der Waals surface area contributed by atoms with Crippen LogP contribution in [0.25, 0.3) is 10.8 Å². The molecule has 2 atom stereocenters. The van der Waals surface area contributed by atoms with E-state index in [0.717, 1.165) is 49.3 Å². The topological polar surface area (TPSA) is 52.6 Å². The molecule has 0 spiro atoms. The quantitative estimate of drug-likeness (QED) is 0.0609. The fraction of sp³-hybridized carbons (Fsp3) is 0.429. The second-order valence-corrected chi connectivity index (χ2v) is 13.5. The van der Waals surface area contributed by atoms with Gasteiger partial charge in [0.05, 0.1) is 0 Å². The smallest absolute Gasteiger partial charge is 0.203 e. The third-order valence-electron chi connectivity index (χ3n) is 8.86. The normalized spacial score (nSPS) is 12.5. The summed E-state index contributed by atoms with van der Waals surface area (Å²) in [6.07, 6.45) is 13.5. The van der Waals surface area contributed by atoms with Gasteiger partial charge in [-0.05, 0) is 86.3 Å². The van der Waals surface area contributed by atoms with Crippen LogP contribution in [0.15, 0.2) is 84.9 Å². The summed E-state index contributed by atoms with van der Waals surface area (Å²) >= 11 is 12.2. The number of hydrogen-bond donors (Lipinski definition) is 0. The first kappa shape index (κ1) is 37.5. The number of ketones is 2. The van der Waals surface area contributed by atoms with E-state index in [9.17, 15) is 9.59 Å². The van der Waals surface area contributed by atoms with Gasteiger partial charge in [-0.25, -0.2) is 0 Å². The van der Waals surface area contributed by atoms with Crippen LogP contribution in [0.5, 0.6) is 11.5 Å². The van der Waals surface area contributed by atoms with Gasteiger partial charge in [0.1, 0.15) is 11.5 Å². The highest BCUT2D eigenvalue weighted by Crippen LogP contribution is 2.35. The van der Waals surface area contributed by atoms with E-state index in [0.29, 0.717) is 45.5 Å². The van der Waals surface area contributed by atoms with Crippen molar-refractivity contribution in [1.29, 1.82) is 0 Å². The fourth-order valence-electron chi connectivity index (χ4n) is 6.07. The average Bonchev–Trinajstić information content (AvgIpc) is 3.10. The highest BCUT2D eigenvalue weighted by Gasteiger charge is 2.25. The molecule has 6 heteroatoms. The Morgan fingerprint density at radius 1 is 0.500 bits per heavy atom. The Morgan fingerprint density at radius 3 is 1.23 bits per heavy atom. The molecule has 4 rings (SSSR count). The molecule has 0 heterocycles. The van der Waals surface area contributed by atoms with Crippen molar-refractivity contribution >= 4 is 45.5 Å². The zero-order chi connectivity index (χ0) is 34.1. The largest absolute Gasteiger partial charge is 0.482 e. The van der Waals surface area contributed by atoms with Crippen LogP contribution >= 0.6 is 23.2 Å². The maximum absolute atomic E-state index is 13.8. The zero-order valence-corrected chi connectivity index (χ0v) is 30.0. The third kappa shape index (κ3) is 11.4. The molecule has 0 radical (unpaired) electrons. The Kier molecular flexibility index (Phi) is 15.8. The first-order chi connectivity index (χ1) is 23.4. The summed E-state index contributed by atoms with van der Waals surface area (Å²) < 4.78 is 13.2. The molecule has 0 saturated carbocycles. The minimum Gasteiger partial charge on any atom is -0.482 e. The number of carbonyl (C=O) groups is 2. The number of Topliss-reactive ketones (excluding diaryl/α,β-unsaturated/α-hetero) is 2. The van der Waals surface area contributed by atoms with Crippen LogP contribution in [0, 0.1) is 0 Å². The Labute approximate surface area is 297 Å². The second-order valence-electron chi connectivity index (χ2n) is 12.7. The van der Waals surface area contributed by atoms with Gasteiger partial charge in [-0.15, -0.1) is 0 Å². The van der Waals surface area contributed by atoms with Crippen molar-refractivity contribution in [3.05, 3.63) is 106 Å². The van der Waals surface area contributed by atoms with Crippen LogP contribution in [0.1, 0.15) is 124 Å². The Bertz CT molecular complexity index is 1450. The standard InChI is InChI=1S/C42H50Cl2O4/c1-3-5-7-9-11-13-19-39(41(45)31-23-27-33(43)28-24-31)47-37-21-15-18-36-35(37)17-16-22-38(36)48-40(20-14-12-10-8-6-4-2)42(46)32-25-29-34(44)30-26-32/h15-18,21-30,39-40H,3-14,19-20H2,1-2H3. The van der Waals surface area contributed by atoms with E-state index in [4.69, 9.17) is 32.7 Å². The van der Waals surface area contributed by atoms with Crippen molar-refractivity contribution in [3.8, 4) is 11.5 Å². The van der Waals surface area contributed by atoms with Gasteiger partial charge in [-0.3, -0.25) is 9.59 Å². The zero-order valence-electron chi connectivity index (χ0n) is 28.5.